The minimum Gasteiger partial charge on any atom is -0.396 e. The van der Waals surface area contributed by atoms with Crippen LogP contribution in [0.1, 0.15) is 38.2 Å². The zero-order valence-electron chi connectivity index (χ0n) is 14.1. The van der Waals surface area contributed by atoms with Crippen molar-refractivity contribution in [2.75, 3.05) is 24.6 Å². The van der Waals surface area contributed by atoms with Gasteiger partial charge in [0, 0.05) is 38.0 Å². The average Bonchev–Trinajstić information content (AvgIpc) is 2.56. The molecule has 0 aromatic carbocycles. The molecule has 2 rings (SSSR count). The number of pyridine rings is 1. The number of carbonyl (C=O) groups is 1. The van der Waals surface area contributed by atoms with E-state index < -0.39 is 0 Å². The first kappa shape index (κ1) is 17.5. The molecule has 1 aliphatic rings. The number of aromatic nitrogens is 1. The second-order valence-corrected chi connectivity index (χ2v) is 6.19. The van der Waals surface area contributed by atoms with E-state index in [0.29, 0.717) is 6.42 Å². The number of aliphatic hydroxyl groups excluding tert-OH is 1. The lowest BCUT2D eigenvalue weighted by Gasteiger charge is -2.33. The van der Waals surface area contributed by atoms with Gasteiger partial charge in [-0.25, -0.2) is 9.78 Å². The molecule has 0 spiro atoms. The maximum Gasteiger partial charge on any atom is 0.315 e. The number of piperidine rings is 1. The van der Waals surface area contributed by atoms with E-state index in [2.05, 4.69) is 32.7 Å². The lowest BCUT2D eigenvalue weighted by Crippen LogP contribution is -2.50. The molecule has 0 bridgehead atoms. The number of anilines is 1. The third-order valence-corrected chi connectivity index (χ3v) is 4.36. The Kier molecular flexibility index (Phi) is 6.65. The topological polar surface area (TPSA) is 77.5 Å². The Bertz CT molecular complexity index is 484. The van der Waals surface area contributed by atoms with Crippen LogP contribution in [-0.2, 0) is 0 Å². The number of hydrogen-bond acceptors (Lipinski definition) is 4. The Morgan fingerprint density at radius 1 is 1.43 bits per heavy atom. The Hall–Kier alpha value is -1.82. The summed E-state index contributed by atoms with van der Waals surface area (Å²) in [4.78, 5) is 18.7. The fraction of sp³-hybridized carbons (Fsp3) is 0.647. The minimum atomic E-state index is -0.128. The summed E-state index contributed by atoms with van der Waals surface area (Å²) < 4.78 is 0. The molecule has 1 unspecified atom stereocenters. The fourth-order valence-corrected chi connectivity index (χ4v) is 2.85. The highest BCUT2D eigenvalue weighted by atomic mass is 16.3. The molecule has 1 aliphatic heterocycles. The largest absolute Gasteiger partial charge is 0.396 e. The van der Waals surface area contributed by atoms with Crippen LogP contribution in [0.25, 0.3) is 0 Å². The van der Waals surface area contributed by atoms with Crippen LogP contribution in [0.2, 0.25) is 0 Å². The van der Waals surface area contributed by atoms with Gasteiger partial charge in [-0.2, -0.15) is 0 Å². The summed E-state index contributed by atoms with van der Waals surface area (Å²) in [5.41, 5.74) is 1.16. The van der Waals surface area contributed by atoms with Crippen LogP contribution in [0.15, 0.2) is 18.3 Å². The van der Waals surface area contributed by atoms with Gasteiger partial charge >= 0.3 is 6.03 Å². The van der Waals surface area contributed by atoms with Gasteiger partial charge in [0.2, 0.25) is 0 Å². The van der Waals surface area contributed by atoms with E-state index in [0.717, 1.165) is 43.7 Å². The number of nitrogens with one attached hydrogen (secondary N) is 2. The van der Waals surface area contributed by atoms with Gasteiger partial charge in [0.25, 0.3) is 0 Å². The average molecular weight is 320 g/mol. The van der Waals surface area contributed by atoms with Crippen molar-refractivity contribution in [3.63, 3.8) is 0 Å². The lowest BCUT2D eigenvalue weighted by atomic mass is 10.1. The minimum absolute atomic E-state index is 0.0387. The fourth-order valence-electron chi connectivity index (χ4n) is 2.85. The summed E-state index contributed by atoms with van der Waals surface area (Å²) in [7, 11) is 0. The molecule has 1 atom stereocenters. The molecular weight excluding hydrogens is 292 g/mol. The molecule has 2 heterocycles. The number of amides is 2. The molecule has 0 aliphatic carbocycles. The van der Waals surface area contributed by atoms with Crippen molar-refractivity contribution in [2.24, 2.45) is 0 Å². The van der Waals surface area contributed by atoms with Gasteiger partial charge in [-0.15, -0.1) is 0 Å². The van der Waals surface area contributed by atoms with Gasteiger partial charge in [0.1, 0.15) is 5.82 Å². The molecule has 2 amide bonds. The monoisotopic (exact) mass is 320 g/mol. The third kappa shape index (κ3) is 5.39. The second-order valence-electron chi connectivity index (χ2n) is 6.19. The summed E-state index contributed by atoms with van der Waals surface area (Å²) in [6.07, 6.45) is 5.14. The summed E-state index contributed by atoms with van der Waals surface area (Å²) in [6, 6.07) is 4.24. The molecule has 1 fully saturated rings. The summed E-state index contributed by atoms with van der Waals surface area (Å²) in [6.45, 7) is 5.93. The molecule has 1 saturated heterocycles. The van der Waals surface area contributed by atoms with Crippen LogP contribution in [0.5, 0.6) is 0 Å². The molecule has 6 nitrogen and oxygen atoms in total. The molecule has 23 heavy (non-hydrogen) atoms. The molecule has 0 saturated carbocycles. The predicted molar refractivity (Wildman–Crippen MR) is 91.7 cm³/mol. The molecule has 3 N–H and O–H groups in total. The number of nitrogens with zero attached hydrogens (tertiary/aromatic N) is 2. The van der Waals surface area contributed by atoms with Crippen LogP contribution < -0.4 is 15.5 Å². The number of urea groups is 1. The molecule has 128 valence electrons. The highest BCUT2D eigenvalue weighted by Gasteiger charge is 2.22. The van der Waals surface area contributed by atoms with Crippen molar-refractivity contribution in [3.8, 4) is 0 Å². The van der Waals surface area contributed by atoms with Crippen LogP contribution in [0.3, 0.4) is 0 Å². The third-order valence-electron chi connectivity index (χ3n) is 4.36. The summed E-state index contributed by atoms with van der Waals surface area (Å²) >= 11 is 0. The number of aliphatic hydroxyl groups is 1. The maximum absolute atomic E-state index is 12.0. The zero-order valence-corrected chi connectivity index (χ0v) is 14.1. The van der Waals surface area contributed by atoms with Crippen molar-refractivity contribution >= 4 is 11.8 Å². The second kappa shape index (κ2) is 8.72. The normalized spacial score (nSPS) is 16.9. The molecular formula is C17H28N4O2. The number of hydrogen-bond donors (Lipinski definition) is 3. The van der Waals surface area contributed by atoms with Gasteiger partial charge in [0.15, 0.2) is 0 Å². The van der Waals surface area contributed by atoms with E-state index in [9.17, 15) is 4.79 Å². The van der Waals surface area contributed by atoms with Crippen molar-refractivity contribution < 1.29 is 9.90 Å². The predicted octanol–water partition coefficient (Wildman–Crippen LogP) is 1.82. The molecule has 6 heteroatoms. The van der Waals surface area contributed by atoms with Crippen LogP contribution in [0, 0.1) is 6.92 Å². The zero-order chi connectivity index (χ0) is 16.7. The van der Waals surface area contributed by atoms with E-state index in [1.807, 2.05) is 20.0 Å². The van der Waals surface area contributed by atoms with Gasteiger partial charge in [0.05, 0.1) is 0 Å². The number of aryl methyl sites for hydroxylation is 1. The van der Waals surface area contributed by atoms with Gasteiger partial charge in [-0.05, 0) is 44.2 Å². The van der Waals surface area contributed by atoms with E-state index in [-0.39, 0.29) is 24.7 Å². The number of rotatable bonds is 6. The standard InChI is InChI=1S/C17H28N4O2/c1-3-14(8-11-22)19-17(23)20-15-6-9-21(10-7-15)16-5-4-13(2)12-18-16/h4-5,12,14-15,22H,3,6-11H2,1-2H3,(H2,19,20,23). The molecule has 0 radical (unpaired) electrons. The first-order valence-electron chi connectivity index (χ1n) is 8.48. The quantitative estimate of drug-likeness (QED) is 0.747. The summed E-state index contributed by atoms with van der Waals surface area (Å²) in [5.74, 6) is 1.01. The van der Waals surface area contributed by atoms with Crippen molar-refractivity contribution in [1.29, 1.82) is 0 Å². The highest BCUT2D eigenvalue weighted by molar-refractivity contribution is 5.74. The van der Waals surface area contributed by atoms with Crippen LogP contribution in [-0.4, -0.2) is 47.9 Å². The summed E-state index contributed by atoms with van der Waals surface area (Å²) in [5, 5.41) is 14.9. The molecule has 1 aromatic rings. The van der Waals surface area contributed by atoms with Crippen molar-refractivity contribution in [3.05, 3.63) is 23.9 Å². The van der Waals surface area contributed by atoms with Crippen molar-refractivity contribution in [1.82, 2.24) is 15.6 Å². The van der Waals surface area contributed by atoms with Crippen LogP contribution in [0.4, 0.5) is 10.6 Å². The Morgan fingerprint density at radius 2 is 2.17 bits per heavy atom. The van der Waals surface area contributed by atoms with Gasteiger partial charge in [-0.3, -0.25) is 0 Å². The smallest absolute Gasteiger partial charge is 0.315 e. The highest BCUT2D eigenvalue weighted by Crippen LogP contribution is 2.18. The van der Waals surface area contributed by atoms with Gasteiger partial charge < -0.3 is 20.6 Å². The SMILES string of the molecule is CCC(CCO)NC(=O)NC1CCN(c2ccc(C)cn2)CC1. The van der Waals surface area contributed by atoms with E-state index >= 15 is 0 Å². The maximum atomic E-state index is 12.0. The Labute approximate surface area is 138 Å². The Morgan fingerprint density at radius 3 is 2.74 bits per heavy atom. The Balaban J connectivity index is 1.76. The molecule has 1 aromatic heterocycles. The van der Waals surface area contributed by atoms with Crippen molar-refractivity contribution in [2.45, 2.75) is 51.6 Å². The van der Waals surface area contributed by atoms with E-state index in [1.54, 1.807) is 0 Å². The van der Waals surface area contributed by atoms with E-state index in [4.69, 9.17) is 5.11 Å². The van der Waals surface area contributed by atoms with Gasteiger partial charge in [-0.1, -0.05) is 13.0 Å². The van der Waals surface area contributed by atoms with E-state index in [1.165, 1.54) is 0 Å². The van der Waals surface area contributed by atoms with Crippen LogP contribution >= 0.6 is 0 Å². The number of carbonyl (C=O) groups excluding carboxylic acids is 1. The first-order valence-corrected chi connectivity index (χ1v) is 8.48. The lowest BCUT2D eigenvalue weighted by molar-refractivity contribution is 0.222. The first-order chi connectivity index (χ1) is 11.1.